The molecule has 3 rings (SSSR count). The fourth-order valence-electron chi connectivity index (χ4n) is 4.00. The summed E-state index contributed by atoms with van der Waals surface area (Å²) in [6.45, 7) is 3.64. The second kappa shape index (κ2) is 9.39. The SMILES string of the molecule is COc1ccc(C(CNC(=O)C2CCC(N)C2)N2CCOCC2)cc1OC. The van der Waals surface area contributed by atoms with E-state index < -0.39 is 0 Å². The van der Waals surface area contributed by atoms with Crippen LogP contribution in [0.25, 0.3) is 0 Å². The molecule has 2 aliphatic rings. The number of nitrogens with one attached hydrogen (secondary N) is 1. The van der Waals surface area contributed by atoms with Crippen LogP contribution in [0.5, 0.6) is 11.5 Å². The molecule has 1 amide bonds. The van der Waals surface area contributed by atoms with Crippen molar-refractivity contribution in [2.45, 2.75) is 31.3 Å². The van der Waals surface area contributed by atoms with Gasteiger partial charge in [0.2, 0.25) is 5.91 Å². The Hall–Kier alpha value is -1.83. The quantitative estimate of drug-likeness (QED) is 0.745. The minimum Gasteiger partial charge on any atom is -0.493 e. The Balaban J connectivity index is 1.73. The lowest BCUT2D eigenvalue weighted by Crippen LogP contribution is -2.44. The van der Waals surface area contributed by atoms with Gasteiger partial charge in [0.05, 0.1) is 33.5 Å². The van der Waals surface area contributed by atoms with Crippen molar-refractivity contribution in [3.05, 3.63) is 23.8 Å². The predicted molar refractivity (Wildman–Crippen MR) is 103 cm³/mol. The highest BCUT2D eigenvalue weighted by atomic mass is 16.5. The first-order chi connectivity index (χ1) is 13.1. The van der Waals surface area contributed by atoms with Crippen LogP contribution in [0.15, 0.2) is 18.2 Å². The van der Waals surface area contributed by atoms with E-state index in [1.54, 1.807) is 14.2 Å². The average Bonchev–Trinajstić information content (AvgIpc) is 3.15. The molecule has 1 aromatic rings. The summed E-state index contributed by atoms with van der Waals surface area (Å²) in [6, 6.07) is 6.17. The fraction of sp³-hybridized carbons (Fsp3) is 0.650. The highest BCUT2D eigenvalue weighted by Crippen LogP contribution is 2.32. The number of nitrogens with two attached hydrogens (primary N) is 1. The van der Waals surface area contributed by atoms with Gasteiger partial charge in [-0.05, 0) is 37.0 Å². The van der Waals surface area contributed by atoms with Crippen LogP contribution in [0.1, 0.15) is 30.9 Å². The molecule has 1 aliphatic carbocycles. The summed E-state index contributed by atoms with van der Waals surface area (Å²) in [4.78, 5) is 14.9. The molecule has 2 fully saturated rings. The van der Waals surface area contributed by atoms with Crippen LogP contribution in [0, 0.1) is 5.92 Å². The Morgan fingerprint density at radius 2 is 2.00 bits per heavy atom. The van der Waals surface area contributed by atoms with Crippen molar-refractivity contribution in [3.63, 3.8) is 0 Å². The van der Waals surface area contributed by atoms with Crippen molar-refractivity contribution < 1.29 is 19.0 Å². The molecule has 0 bridgehead atoms. The van der Waals surface area contributed by atoms with Gasteiger partial charge in [-0.3, -0.25) is 9.69 Å². The van der Waals surface area contributed by atoms with E-state index in [2.05, 4.69) is 10.2 Å². The van der Waals surface area contributed by atoms with Crippen LogP contribution in [-0.4, -0.2) is 63.9 Å². The number of hydrogen-bond acceptors (Lipinski definition) is 6. The minimum absolute atomic E-state index is 0.0377. The van der Waals surface area contributed by atoms with Gasteiger partial charge in [0.1, 0.15) is 0 Å². The Morgan fingerprint density at radius 1 is 1.26 bits per heavy atom. The molecule has 0 radical (unpaired) electrons. The molecule has 1 saturated heterocycles. The lowest BCUT2D eigenvalue weighted by atomic mass is 10.0. The van der Waals surface area contributed by atoms with Gasteiger partial charge in [0.15, 0.2) is 11.5 Å². The normalized spacial score (nSPS) is 24.4. The van der Waals surface area contributed by atoms with Crippen molar-refractivity contribution in [2.24, 2.45) is 11.7 Å². The van der Waals surface area contributed by atoms with Crippen LogP contribution in [0.3, 0.4) is 0 Å². The second-order valence-corrected chi connectivity index (χ2v) is 7.29. The summed E-state index contributed by atoms with van der Waals surface area (Å²) in [5.41, 5.74) is 7.05. The van der Waals surface area contributed by atoms with E-state index in [4.69, 9.17) is 19.9 Å². The number of benzene rings is 1. The largest absolute Gasteiger partial charge is 0.493 e. The second-order valence-electron chi connectivity index (χ2n) is 7.29. The number of carbonyl (C=O) groups excluding carboxylic acids is 1. The minimum atomic E-state index is 0.0377. The average molecular weight is 377 g/mol. The molecule has 27 heavy (non-hydrogen) atoms. The summed E-state index contributed by atoms with van der Waals surface area (Å²) in [5.74, 6) is 1.55. The highest BCUT2D eigenvalue weighted by molar-refractivity contribution is 5.79. The number of nitrogens with zero attached hydrogens (tertiary/aromatic N) is 1. The van der Waals surface area contributed by atoms with E-state index in [-0.39, 0.29) is 23.9 Å². The van der Waals surface area contributed by atoms with Crippen molar-refractivity contribution in [2.75, 3.05) is 47.1 Å². The lowest BCUT2D eigenvalue weighted by Gasteiger charge is -2.35. The molecular formula is C20H31N3O4. The molecule has 7 heteroatoms. The molecule has 7 nitrogen and oxygen atoms in total. The van der Waals surface area contributed by atoms with E-state index in [1.807, 2.05) is 18.2 Å². The first-order valence-corrected chi connectivity index (χ1v) is 9.69. The third-order valence-corrected chi connectivity index (χ3v) is 5.59. The molecule has 1 aliphatic heterocycles. The predicted octanol–water partition coefficient (Wildman–Crippen LogP) is 1.32. The Kier molecular flexibility index (Phi) is 6.93. The Labute approximate surface area is 161 Å². The first kappa shape index (κ1) is 19.9. The molecule has 1 aromatic carbocycles. The summed E-state index contributed by atoms with van der Waals surface area (Å²) in [5, 5.41) is 3.16. The number of hydrogen-bond donors (Lipinski definition) is 2. The molecule has 0 spiro atoms. The van der Waals surface area contributed by atoms with Gasteiger partial charge in [-0.1, -0.05) is 6.07 Å². The van der Waals surface area contributed by atoms with Crippen molar-refractivity contribution in [1.82, 2.24) is 10.2 Å². The smallest absolute Gasteiger partial charge is 0.223 e. The monoisotopic (exact) mass is 377 g/mol. The van der Waals surface area contributed by atoms with Gasteiger partial charge in [0, 0.05) is 31.6 Å². The summed E-state index contributed by atoms with van der Waals surface area (Å²) < 4.78 is 16.3. The Morgan fingerprint density at radius 3 is 2.63 bits per heavy atom. The molecule has 0 aromatic heterocycles. The standard InChI is InChI=1S/C20H31N3O4/c1-25-18-6-4-14(12-19(18)26-2)17(23-7-9-27-10-8-23)13-22-20(24)15-3-5-16(21)11-15/h4,6,12,15-17H,3,5,7-11,13,21H2,1-2H3,(H,22,24). The molecule has 1 heterocycles. The van der Waals surface area contributed by atoms with E-state index in [1.165, 1.54) is 0 Å². The molecule has 1 saturated carbocycles. The topological polar surface area (TPSA) is 86.0 Å². The number of carbonyl (C=O) groups is 1. The van der Waals surface area contributed by atoms with Crippen molar-refractivity contribution in [1.29, 1.82) is 0 Å². The van der Waals surface area contributed by atoms with Gasteiger partial charge in [-0.25, -0.2) is 0 Å². The van der Waals surface area contributed by atoms with Crippen molar-refractivity contribution in [3.8, 4) is 11.5 Å². The van der Waals surface area contributed by atoms with E-state index in [0.29, 0.717) is 31.3 Å². The maximum atomic E-state index is 12.6. The zero-order chi connectivity index (χ0) is 19.2. The van der Waals surface area contributed by atoms with Gasteiger partial charge < -0.3 is 25.3 Å². The molecule has 3 N–H and O–H groups in total. The van der Waals surface area contributed by atoms with Crippen molar-refractivity contribution >= 4 is 5.91 Å². The highest BCUT2D eigenvalue weighted by Gasteiger charge is 2.29. The molecule has 150 valence electrons. The van der Waals surface area contributed by atoms with Crippen LogP contribution in [0.2, 0.25) is 0 Å². The zero-order valence-electron chi connectivity index (χ0n) is 16.3. The van der Waals surface area contributed by atoms with E-state index in [0.717, 1.165) is 37.9 Å². The summed E-state index contributed by atoms with van der Waals surface area (Å²) in [6.07, 6.45) is 2.59. The molecular weight excluding hydrogens is 346 g/mol. The molecule has 3 unspecified atom stereocenters. The lowest BCUT2D eigenvalue weighted by molar-refractivity contribution is -0.125. The summed E-state index contributed by atoms with van der Waals surface area (Å²) >= 11 is 0. The number of amides is 1. The zero-order valence-corrected chi connectivity index (χ0v) is 16.3. The first-order valence-electron chi connectivity index (χ1n) is 9.69. The van der Waals surface area contributed by atoms with Gasteiger partial charge in [-0.15, -0.1) is 0 Å². The fourth-order valence-corrected chi connectivity index (χ4v) is 4.00. The number of rotatable bonds is 7. The van der Waals surface area contributed by atoms with Gasteiger partial charge >= 0.3 is 0 Å². The maximum Gasteiger partial charge on any atom is 0.223 e. The van der Waals surface area contributed by atoms with Crippen LogP contribution >= 0.6 is 0 Å². The number of methoxy groups -OCH3 is 2. The third-order valence-electron chi connectivity index (χ3n) is 5.59. The van der Waals surface area contributed by atoms with Crippen LogP contribution in [0.4, 0.5) is 0 Å². The van der Waals surface area contributed by atoms with E-state index >= 15 is 0 Å². The van der Waals surface area contributed by atoms with E-state index in [9.17, 15) is 4.79 Å². The summed E-state index contributed by atoms with van der Waals surface area (Å²) in [7, 11) is 3.26. The number of morpholine rings is 1. The number of ether oxygens (including phenoxy) is 3. The maximum absolute atomic E-state index is 12.6. The third kappa shape index (κ3) is 4.91. The van der Waals surface area contributed by atoms with Gasteiger partial charge in [-0.2, -0.15) is 0 Å². The Bertz CT molecular complexity index is 634. The molecule has 3 atom stereocenters. The van der Waals surface area contributed by atoms with Crippen LogP contribution in [-0.2, 0) is 9.53 Å². The van der Waals surface area contributed by atoms with Crippen LogP contribution < -0.4 is 20.5 Å². The van der Waals surface area contributed by atoms with Gasteiger partial charge in [0.25, 0.3) is 0 Å².